The standard InChI is InChI=1S/C22H34O3/c1-13-12-22(4)15(11-19(13)24)5-6-16-17-7-8-20(25-14(2)23)21(17,3)10-9-18(16)22/h13,15-18,20H,5-12H2,1-4H3/t13-,15+,16+,17+,18+,20+,21+,22+/m1/s1. The first-order valence-electron chi connectivity index (χ1n) is 10.5. The van der Waals surface area contributed by atoms with E-state index < -0.39 is 0 Å². The van der Waals surface area contributed by atoms with Crippen molar-refractivity contribution >= 4 is 11.8 Å². The lowest BCUT2D eigenvalue weighted by atomic mass is 9.44. The molecule has 3 heteroatoms. The molecule has 0 bridgehead atoms. The fraction of sp³-hybridized carbons (Fsp3) is 0.909. The van der Waals surface area contributed by atoms with Gasteiger partial charge in [0.1, 0.15) is 11.9 Å². The highest BCUT2D eigenvalue weighted by Gasteiger charge is 2.61. The minimum atomic E-state index is -0.121. The molecule has 0 unspecified atom stereocenters. The van der Waals surface area contributed by atoms with Crippen LogP contribution in [-0.2, 0) is 14.3 Å². The van der Waals surface area contributed by atoms with E-state index in [2.05, 4.69) is 20.8 Å². The zero-order valence-corrected chi connectivity index (χ0v) is 16.3. The van der Waals surface area contributed by atoms with Gasteiger partial charge in [-0.3, -0.25) is 9.59 Å². The fourth-order valence-corrected chi connectivity index (χ4v) is 7.75. The van der Waals surface area contributed by atoms with Crippen LogP contribution in [0.1, 0.15) is 79.1 Å². The summed E-state index contributed by atoms with van der Waals surface area (Å²) in [7, 11) is 0. The Kier molecular flexibility index (Phi) is 4.09. The van der Waals surface area contributed by atoms with Crippen molar-refractivity contribution in [2.24, 2.45) is 40.4 Å². The molecule has 4 aliphatic carbocycles. The molecule has 4 fully saturated rings. The summed E-state index contributed by atoms with van der Waals surface area (Å²) >= 11 is 0. The number of hydrogen-bond donors (Lipinski definition) is 0. The lowest BCUT2D eigenvalue weighted by Crippen LogP contribution is -2.55. The molecule has 0 amide bonds. The monoisotopic (exact) mass is 346 g/mol. The van der Waals surface area contributed by atoms with Gasteiger partial charge < -0.3 is 4.74 Å². The number of esters is 1. The van der Waals surface area contributed by atoms with Gasteiger partial charge in [-0.2, -0.15) is 0 Å². The number of ketones is 1. The lowest BCUT2D eigenvalue weighted by Gasteiger charge is -2.60. The van der Waals surface area contributed by atoms with Gasteiger partial charge in [-0.15, -0.1) is 0 Å². The minimum absolute atomic E-state index is 0.119. The number of rotatable bonds is 1. The Bertz CT molecular complexity index is 584. The summed E-state index contributed by atoms with van der Waals surface area (Å²) in [5.41, 5.74) is 0.517. The van der Waals surface area contributed by atoms with Crippen molar-refractivity contribution in [1.82, 2.24) is 0 Å². The average Bonchev–Trinajstić information content (AvgIpc) is 2.85. The number of carbonyl (C=O) groups is 2. The molecule has 0 heterocycles. The summed E-state index contributed by atoms with van der Waals surface area (Å²) in [6.45, 7) is 8.58. The molecule has 0 aliphatic heterocycles. The van der Waals surface area contributed by atoms with Crippen molar-refractivity contribution in [3.05, 3.63) is 0 Å². The predicted molar refractivity (Wildman–Crippen MR) is 96.8 cm³/mol. The molecule has 4 aliphatic rings. The average molecular weight is 347 g/mol. The van der Waals surface area contributed by atoms with E-state index in [1.807, 2.05) is 0 Å². The van der Waals surface area contributed by atoms with Crippen LogP contribution in [0.5, 0.6) is 0 Å². The molecule has 0 aromatic heterocycles. The highest BCUT2D eigenvalue weighted by molar-refractivity contribution is 5.82. The number of fused-ring (bicyclic) bond motifs is 5. The quantitative estimate of drug-likeness (QED) is 0.642. The van der Waals surface area contributed by atoms with E-state index in [1.54, 1.807) is 6.92 Å². The first kappa shape index (κ1) is 17.5. The molecular weight excluding hydrogens is 312 g/mol. The molecule has 4 rings (SSSR count). The van der Waals surface area contributed by atoms with Gasteiger partial charge in [0, 0.05) is 24.7 Å². The third kappa shape index (κ3) is 2.51. The molecule has 0 saturated heterocycles. The van der Waals surface area contributed by atoms with Crippen LogP contribution in [0.4, 0.5) is 0 Å². The van der Waals surface area contributed by atoms with Crippen molar-refractivity contribution in [2.75, 3.05) is 0 Å². The van der Waals surface area contributed by atoms with Crippen molar-refractivity contribution in [3.8, 4) is 0 Å². The Morgan fingerprint density at radius 3 is 2.48 bits per heavy atom. The second-order valence-corrected chi connectivity index (χ2v) is 10.2. The van der Waals surface area contributed by atoms with E-state index >= 15 is 0 Å². The Morgan fingerprint density at radius 1 is 1.04 bits per heavy atom. The summed E-state index contributed by atoms with van der Waals surface area (Å²) in [5.74, 6) is 3.44. The van der Waals surface area contributed by atoms with E-state index in [0.29, 0.717) is 23.0 Å². The van der Waals surface area contributed by atoms with E-state index in [0.717, 1.165) is 31.1 Å². The molecule has 4 saturated carbocycles. The summed E-state index contributed by atoms with van der Waals surface area (Å²) in [6, 6.07) is 0. The van der Waals surface area contributed by atoms with Crippen LogP contribution >= 0.6 is 0 Å². The molecule has 0 aromatic carbocycles. The Balaban J connectivity index is 1.59. The van der Waals surface area contributed by atoms with E-state index in [-0.39, 0.29) is 23.4 Å². The number of ether oxygens (including phenoxy) is 1. The molecular formula is C22H34O3. The second-order valence-electron chi connectivity index (χ2n) is 10.2. The maximum absolute atomic E-state index is 12.3. The number of hydrogen-bond acceptors (Lipinski definition) is 3. The Labute approximate surface area is 152 Å². The molecule has 0 aromatic rings. The van der Waals surface area contributed by atoms with Gasteiger partial charge in [0.25, 0.3) is 0 Å². The largest absolute Gasteiger partial charge is 0.462 e. The zero-order chi connectivity index (χ0) is 18.0. The van der Waals surface area contributed by atoms with Gasteiger partial charge in [0.2, 0.25) is 0 Å². The van der Waals surface area contributed by atoms with Gasteiger partial charge in [0.15, 0.2) is 0 Å². The topological polar surface area (TPSA) is 43.4 Å². The summed E-state index contributed by atoms with van der Waals surface area (Å²) in [6.07, 6.45) is 9.22. The van der Waals surface area contributed by atoms with Crippen LogP contribution in [0, 0.1) is 40.4 Å². The lowest BCUT2D eigenvalue weighted by molar-refractivity contribution is -0.163. The molecule has 25 heavy (non-hydrogen) atoms. The first-order chi connectivity index (χ1) is 11.8. The van der Waals surface area contributed by atoms with Crippen LogP contribution in [0.15, 0.2) is 0 Å². The highest BCUT2D eigenvalue weighted by atomic mass is 16.5. The third-order valence-corrected chi connectivity index (χ3v) is 9.03. The van der Waals surface area contributed by atoms with Crippen molar-refractivity contribution in [1.29, 1.82) is 0 Å². The van der Waals surface area contributed by atoms with Gasteiger partial charge in [-0.1, -0.05) is 20.8 Å². The molecule has 0 N–H and O–H groups in total. The van der Waals surface area contributed by atoms with Crippen molar-refractivity contribution < 1.29 is 14.3 Å². The van der Waals surface area contributed by atoms with Crippen LogP contribution in [0.25, 0.3) is 0 Å². The van der Waals surface area contributed by atoms with Crippen LogP contribution in [0.3, 0.4) is 0 Å². The smallest absolute Gasteiger partial charge is 0.302 e. The van der Waals surface area contributed by atoms with Crippen molar-refractivity contribution in [2.45, 2.75) is 85.2 Å². The Hall–Kier alpha value is -0.860. The molecule has 140 valence electrons. The summed E-state index contributed by atoms with van der Waals surface area (Å²) in [4.78, 5) is 23.8. The van der Waals surface area contributed by atoms with Gasteiger partial charge in [0.05, 0.1) is 0 Å². The van der Waals surface area contributed by atoms with Crippen LogP contribution in [0.2, 0.25) is 0 Å². The fourth-order valence-electron chi connectivity index (χ4n) is 7.75. The predicted octanol–water partition coefficient (Wildman–Crippen LogP) is 4.78. The molecule has 8 atom stereocenters. The number of Topliss-reactive ketones (excluding diaryl/α,β-unsaturated/α-hetero) is 1. The second kappa shape index (κ2) is 5.82. The van der Waals surface area contributed by atoms with Crippen molar-refractivity contribution in [3.63, 3.8) is 0 Å². The normalized spacial score (nSPS) is 52.1. The van der Waals surface area contributed by atoms with Gasteiger partial charge in [-0.05, 0) is 74.0 Å². The highest BCUT2D eigenvalue weighted by Crippen LogP contribution is 2.66. The Morgan fingerprint density at radius 2 is 1.76 bits per heavy atom. The first-order valence-corrected chi connectivity index (χ1v) is 10.5. The van der Waals surface area contributed by atoms with Gasteiger partial charge in [-0.25, -0.2) is 0 Å². The molecule has 0 radical (unpaired) electrons. The summed E-state index contributed by atoms with van der Waals surface area (Å²) < 4.78 is 5.74. The molecule has 3 nitrogen and oxygen atoms in total. The zero-order valence-electron chi connectivity index (χ0n) is 16.3. The SMILES string of the molecule is CC(=O)O[C@H]1CC[C@H]2[C@@H]3CC[C@H]4CC(=O)[C@H](C)C[C@]4(C)[C@H]3CC[C@]12C. The van der Waals surface area contributed by atoms with E-state index in [1.165, 1.54) is 32.1 Å². The maximum Gasteiger partial charge on any atom is 0.302 e. The minimum Gasteiger partial charge on any atom is -0.462 e. The number of carbonyl (C=O) groups excluding carboxylic acids is 2. The van der Waals surface area contributed by atoms with E-state index in [4.69, 9.17) is 4.74 Å². The summed E-state index contributed by atoms with van der Waals surface area (Å²) in [5, 5.41) is 0. The van der Waals surface area contributed by atoms with Gasteiger partial charge >= 0.3 is 5.97 Å². The van der Waals surface area contributed by atoms with Crippen LogP contribution < -0.4 is 0 Å². The molecule has 0 spiro atoms. The van der Waals surface area contributed by atoms with Crippen LogP contribution in [-0.4, -0.2) is 17.9 Å². The van der Waals surface area contributed by atoms with E-state index in [9.17, 15) is 9.59 Å². The maximum atomic E-state index is 12.3. The third-order valence-electron chi connectivity index (χ3n) is 9.03.